The van der Waals surface area contributed by atoms with Gasteiger partial charge in [0.2, 0.25) is 0 Å². The summed E-state index contributed by atoms with van der Waals surface area (Å²) in [4.78, 5) is 13.4. The number of furan rings is 1. The predicted octanol–water partition coefficient (Wildman–Crippen LogP) is 4.59. The second kappa shape index (κ2) is 4.61. The third-order valence-corrected chi connectivity index (χ3v) is 4.04. The SMILES string of the molecule is c1cnc2c(-c3cc4oc5ccccc5c4cn3)ccnc2c1. The molecule has 0 aliphatic carbocycles. The van der Waals surface area contributed by atoms with Crippen molar-refractivity contribution in [3.8, 4) is 11.3 Å². The Bertz CT molecular complexity index is 1170. The Kier molecular flexibility index (Phi) is 2.46. The number of nitrogens with zero attached hydrogens (tertiary/aromatic N) is 3. The minimum Gasteiger partial charge on any atom is -0.456 e. The summed E-state index contributed by atoms with van der Waals surface area (Å²) in [5.74, 6) is 0. The van der Waals surface area contributed by atoms with Crippen LogP contribution in [0.15, 0.2) is 71.5 Å². The molecule has 0 unspecified atom stereocenters. The van der Waals surface area contributed by atoms with Crippen LogP contribution in [-0.2, 0) is 0 Å². The zero-order valence-corrected chi connectivity index (χ0v) is 12.1. The van der Waals surface area contributed by atoms with Crippen LogP contribution in [0.5, 0.6) is 0 Å². The second-order valence-corrected chi connectivity index (χ2v) is 5.39. The standard InChI is InChI=1S/C19H11N3O/c1-2-6-17-12(4-1)14-11-22-16(10-18(14)23-17)13-7-9-20-15-5-3-8-21-19(13)15/h1-11H. The van der Waals surface area contributed by atoms with Crippen molar-refractivity contribution in [1.82, 2.24) is 15.0 Å². The molecule has 0 bridgehead atoms. The van der Waals surface area contributed by atoms with Crippen LogP contribution in [0.4, 0.5) is 0 Å². The number of para-hydroxylation sites is 1. The number of benzene rings is 1. The molecule has 0 fully saturated rings. The Morgan fingerprint density at radius 2 is 1.70 bits per heavy atom. The van der Waals surface area contributed by atoms with Gasteiger partial charge in [-0.05, 0) is 24.3 Å². The molecule has 0 N–H and O–H groups in total. The normalized spacial score (nSPS) is 11.5. The zero-order valence-electron chi connectivity index (χ0n) is 12.1. The molecule has 0 saturated carbocycles. The Hall–Kier alpha value is -3.27. The molecule has 4 aromatic heterocycles. The second-order valence-electron chi connectivity index (χ2n) is 5.39. The number of fused-ring (bicyclic) bond motifs is 4. The van der Waals surface area contributed by atoms with E-state index in [1.807, 2.05) is 54.7 Å². The summed E-state index contributed by atoms with van der Waals surface area (Å²) in [6, 6.07) is 15.7. The van der Waals surface area contributed by atoms with Gasteiger partial charge in [-0.3, -0.25) is 15.0 Å². The molecule has 0 aliphatic heterocycles. The smallest absolute Gasteiger partial charge is 0.139 e. The topological polar surface area (TPSA) is 51.8 Å². The van der Waals surface area contributed by atoms with E-state index in [0.717, 1.165) is 44.2 Å². The largest absolute Gasteiger partial charge is 0.456 e. The van der Waals surface area contributed by atoms with Gasteiger partial charge in [-0.15, -0.1) is 0 Å². The van der Waals surface area contributed by atoms with Crippen LogP contribution in [0.25, 0.3) is 44.2 Å². The Labute approximate surface area is 131 Å². The summed E-state index contributed by atoms with van der Waals surface area (Å²) in [5, 5.41) is 2.11. The fraction of sp³-hybridized carbons (Fsp3) is 0. The van der Waals surface area contributed by atoms with E-state index in [1.54, 1.807) is 12.4 Å². The van der Waals surface area contributed by atoms with E-state index >= 15 is 0 Å². The molecule has 0 aliphatic rings. The highest BCUT2D eigenvalue weighted by Crippen LogP contribution is 2.31. The molecule has 0 saturated heterocycles. The molecule has 0 spiro atoms. The summed E-state index contributed by atoms with van der Waals surface area (Å²) in [6.45, 7) is 0. The molecule has 4 heteroatoms. The molecule has 0 atom stereocenters. The number of hydrogen-bond donors (Lipinski definition) is 0. The first kappa shape index (κ1) is 12.3. The molecule has 23 heavy (non-hydrogen) atoms. The van der Waals surface area contributed by atoms with Crippen LogP contribution >= 0.6 is 0 Å². The first-order chi connectivity index (χ1) is 11.4. The van der Waals surface area contributed by atoms with Crippen LogP contribution in [0, 0.1) is 0 Å². The summed E-state index contributed by atoms with van der Waals surface area (Å²) in [6.07, 6.45) is 5.42. The van der Waals surface area contributed by atoms with Crippen molar-refractivity contribution in [1.29, 1.82) is 0 Å². The van der Waals surface area contributed by atoms with E-state index in [-0.39, 0.29) is 0 Å². The average molecular weight is 297 g/mol. The van der Waals surface area contributed by atoms with E-state index in [0.29, 0.717) is 0 Å². The highest BCUT2D eigenvalue weighted by molar-refractivity contribution is 6.05. The molecule has 1 aromatic carbocycles. The van der Waals surface area contributed by atoms with Gasteiger partial charge in [0.1, 0.15) is 11.2 Å². The number of hydrogen-bond acceptors (Lipinski definition) is 4. The van der Waals surface area contributed by atoms with Gasteiger partial charge in [-0.25, -0.2) is 0 Å². The van der Waals surface area contributed by atoms with Gasteiger partial charge in [-0.1, -0.05) is 18.2 Å². The summed E-state index contributed by atoms with van der Waals surface area (Å²) in [5.41, 5.74) is 5.20. The van der Waals surface area contributed by atoms with Crippen LogP contribution < -0.4 is 0 Å². The lowest BCUT2D eigenvalue weighted by Gasteiger charge is -2.04. The van der Waals surface area contributed by atoms with Gasteiger partial charge in [0.15, 0.2) is 0 Å². The highest BCUT2D eigenvalue weighted by atomic mass is 16.3. The van der Waals surface area contributed by atoms with Gasteiger partial charge in [-0.2, -0.15) is 0 Å². The van der Waals surface area contributed by atoms with Gasteiger partial charge in [0.25, 0.3) is 0 Å². The van der Waals surface area contributed by atoms with Crippen LogP contribution in [-0.4, -0.2) is 15.0 Å². The fourth-order valence-electron chi connectivity index (χ4n) is 2.95. The van der Waals surface area contributed by atoms with Crippen LogP contribution in [0.1, 0.15) is 0 Å². The third kappa shape index (κ3) is 1.82. The summed E-state index contributed by atoms with van der Waals surface area (Å²) >= 11 is 0. The van der Waals surface area contributed by atoms with Crippen LogP contribution in [0.3, 0.4) is 0 Å². The molecule has 5 rings (SSSR count). The molecular weight excluding hydrogens is 286 g/mol. The monoisotopic (exact) mass is 297 g/mol. The van der Waals surface area contributed by atoms with Gasteiger partial charge >= 0.3 is 0 Å². The molecule has 108 valence electrons. The zero-order chi connectivity index (χ0) is 15.2. The minimum atomic E-state index is 0.831. The quantitative estimate of drug-likeness (QED) is 0.454. The molecule has 0 radical (unpaired) electrons. The lowest BCUT2D eigenvalue weighted by atomic mass is 10.1. The first-order valence-electron chi connectivity index (χ1n) is 7.37. The summed E-state index contributed by atoms with van der Waals surface area (Å²) in [7, 11) is 0. The minimum absolute atomic E-state index is 0.831. The van der Waals surface area contributed by atoms with E-state index in [1.165, 1.54) is 0 Å². The lowest BCUT2D eigenvalue weighted by Crippen LogP contribution is -1.89. The lowest BCUT2D eigenvalue weighted by molar-refractivity contribution is 0.668. The van der Waals surface area contributed by atoms with Gasteiger partial charge < -0.3 is 4.42 Å². The molecule has 4 heterocycles. The maximum Gasteiger partial charge on any atom is 0.139 e. The van der Waals surface area contributed by atoms with Crippen molar-refractivity contribution in [3.63, 3.8) is 0 Å². The maximum atomic E-state index is 5.95. The van der Waals surface area contributed by atoms with Crippen molar-refractivity contribution < 1.29 is 4.42 Å². The molecule has 4 nitrogen and oxygen atoms in total. The highest BCUT2D eigenvalue weighted by Gasteiger charge is 2.11. The van der Waals surface area contributed by atoms with E-state index in [4.69, 9.17) is 4.42 Å². The Balaban J connectivity index is 1.81. The van der Waals surface area contributed by atoms with Crippen molar-refractivity contribution in [2.24, 2.45) is 0 Å². The molecule has 0 amide bonds. The molecular formula is C19H11N3O. The number of pyridine rings is 3. The number of rotatable bonds is 1. The van der Waals surface area contributed by atoms with Gasteiger partial charge in [0, 0.05) is 41.0 Å². The maximum absolute atomic E-state index is 5.95. The Morgan fingerprint density at radius 1 is 0.739 bits per heavy atom. The summed E-state index contributed by atoms with van der Waals surface area (Å²) < 4.78 is 5.95. The fourth-order valence-corrected chi connectivity index (χ4v) is 2.95. The average Bonchev–Trinajstić information content (AvgIpc) is 2.99. The predicted molar refractivity (Wildman–Crippen MR) is 90.0 cm³/mol. The Morgan fingerprint density at radius 3 is 2.70 bits per heavy atom. The van der Waals surface area contributed by atoms with E-state index in [9.17, 15) is 0 Å². The number of aromatic nitrogens is 3. The van der Waals surface area contributed by atoms with E-state index < -0.39 is 0 Å². The van der Waals surface area contributed by atoms with Crippen molar-refractivity contribution >= 4 is 33.0 Å². The molecule has 5 aromatic rings. The third-order valence-electron chi connectivity index (χ3n) is 4.04. The first-order valence-corrected chi connectivity index (χ1v) is 7.37. The van der Waals surface area contributed by atoms with Crippen LogP contribution in [0.2, 0.25) is 0 Å². The van der Waals surface area contributed by atoms with Gasteiger partial charge in [0.05, 0.1) is 16.7 Å². The van der Waals surface area contributed by atoms with Crippen molar-refractivity contribution in [3.05, 3.63) is 67.1 Å². The van der Waals surface area contributed by atoms with E-state index in [2.05, 4.69) is 15.0 Å². The van der Waals surface area contributed by atoms with Crippen molar-refractivity contribution in [2.45, 2.75) is 0 Å². The van der Waals surface area contributed by atoms with Crippen molar-refractivity contribution in [2.75, 3.05) is 0 Å².